The van der Waals surface area contributed by atoms with Gasteiger partial charge in [0.25, 0.3) is 10.2 Å². The molecule has 0 spiro atoms. The van der Waals surface area contributed by atoms with Crippen LogP contribution in [-0.4, -0.2) is 14.0 Å². The highest BCUT2D eigenvalue weighted by Gasteiger charge is 2.21. The van der Waals surface area contributed by atoms with Gasteiger partial charge in [-0.25, -0.2) is 0 Å². The molecular weight excluding hydrogens is 386 g/mol. The largest absolute Gasteiger partial charge is 0.399 e. The lowest BCUT2D eigenvalue weighted by Gasteiger charge is -2.21. The van der Waals surface area contributed by atoms with Crippen molar-refractivity contribution in [3.8, 4) is 0 Å². The second-order valence-electron chi connectivity index (χ2n) is 4.82. The molecule has 0 aliphatic heterocycles. The van der Waals surface area contributed by atoms with Gasteiger partial charge in [-0.05, 0) is 64.8 Å². The van der Waals surface area contributed by atoms with Gasteiger partial charge < -0.3 is 5.73 Å². The number of benzene rings is 1. The van der Waals surface area contributed by atoms with Crippen LogP contribution in [0.1, 0.15) is 20.8 Å². The summed E-state index contributed by atoms with van der Waals surface area (Å²) in [6, 6.07) is 3.25. The number of hydrogen-bond donors (Lipinski definition) is 3. The summed E-state index contributed by atoms with van der Waals surface area (Å²) in [5, 5.41) is 0. The molecule has 0 aliphatic carbocycles. The van der Waals surface area contributed by atoms with Gasteiger partial charge in [0.15, 0.2) is 0 Å². The molecule has 0 aromatic heterocycles. The van der Waals surface area contributed by atoms with Crippen LogP contribution in [0, 0.1) is 0 Å². The topological polar surface area (TPSA) is 84.2 Å². The fourth-order valence-corrected chi connectivity index (χ4v) is 4.28. The lowest BCUT2D eigenvalue weighted by molar-refractivity contribution is 0.494. The number of nitrogens with one attached hydrogen (secondary N) is 2. The van der Waals surface area contributed by atoms with Crippen LogP contribution in [-0.2, 0) is 10.2 Å². The fourth-order valence-electron chi connectivity index (χ4n) is 1.25. The molecule has 1 aromatic rings. The molecule has 0 unspecified atom stereocenters. The quantitative estimate of drug-likeness (QED) is 0.682. The van der Waals surface area contributed by atoms with Crippen molar-refractivity contribution in [2.45, 2.75) is 26.3 Å². The lowest BCUT2D eigenvalue weighted by Crippen LogP contribution is -2.43. The summed E-state index contributed by atoms with van der Waals surface area (Å²) >= 11 is 6.53. The van der Waals surface area contributed by atoms with Crippen LogP contribution >= 0.6 is 31.9 Å². The predicted molar refractivity (Wildman–Crippen MR) is 81.7 cm³/mol. The smallest absolute Gasteiger partial charge is 0.299 e. The van der Waals surface area contributed by atoms with Gasteiger partial charge in [-0.15, -0.1) is 0 Å². The van der Waals surface area contributed by atoms with Gasteiger partial charge in [0.05, 0.1) is 5.69 Å². The third-order valence-corrected chi connectivity index (χ3v) is 4.35. The highest BCUT2D eigenvalue weighted by Crippen LogP contribution is 2.34. The second kappa shape index (κ2) is 5.36. The molecular formula is C10H15Br2N3O2S. The Kier molecular flexibility index (Phi) is 4.69. The molecule has 0 aliphatic rings. The molecule has 18 heavy (non-hydrogen) atoms. The van der Waals surface area contributed by atoms with Gasteiger partial charge in [-0.3, -0.25) is 4.72 Å². The molecule has 0 heterocycles. The highest BCUT2D eigenvalue weighted by molar-refractivity contribution is 9.11. The maximum Gasteiger partial charge on any atom is 0.299 e. The predicted octanol–water partition coefficient (Wildman–Crippen LogP) is 2.84. The zero-order valence-electron chi connectivity index (χ0n) is 10.2. The summed E-state index contributed by atoms with van der Waals surface area (Å²) in [7, 11) is -3.65. The maximum absolute atomic E-state index is 11.9. The molecule has 0 saturated heterocycles. The first-order chi connectivity index (χ1) is 8.00. The van der Waals surface area contributed by atoms with E-state index in [9.17, 15) is 8.42 Å². The number of halogens is 2. The number of rotatable bonds is 3. The summed E-state index contributed by atoms with van der Waals surface area (Å²) in [4.78, 5) is 0. The Hall–Kier alpha value is -0.310. The van der Waals surface area contributed by atoms with Gasteiger partial charge >= 0.3 is 0 Å². The number of hydrogen-bond acceptors (Lipinski definition) is 3. The van der Waals surface area contributed by atoms with Crippen molar-refractivity contribution in [3.05, 3.63) is 21.1 Å². The van der Waals surface area contributed by atoms with E-state index < -0.39 is 15.7 Å². The van der Waals surface area contributed by atoms with Crippen molar-refractivity contribution in [1.82, 2.24) is 4.72 Å². The van der Waals surface area contributed by atoms with Crippen LogP contribution in [0.2, 0.25) is 0 Å². The molecule has 0 bridgehead atoms. The third-order valence-electron chi connectivity index (χ3n) is 1.74. The molecule has 102 valence electrons. The number of nitrogens with two attached hydrogens (primary N) is 1. The summed E-state index contributed by atoms with van der Waals surface area (Å²) in [6.07, 6.45) is 0. The number of nitrogen functional groups attached to an aromatic ring is 1. The molecule has 0 atom stereocenters. The van der Waals surface area contributed by atoms with Crippen LogP contribution in [0.15, 0.2) is 21.1 Å². The second-order valence-corrected chi connectivity index (χ2v) is 7.94. The summed E-state index contributed by atoms with van der Waals surface area (Å²) in [5.74, 6) is 0. The molecule has 0 amide bonds. The van der Waals surface area contributed by atoms with E-state index in [-0.39, 0.29) is 0 Å². The maximum atomic E-state index is 11.9. The van der Waals surface area contributed by atoms with E-state index in [1.165, 1.54) is 0 Å². The van der Waals surface area contributed by atoms with Crippen molar-refractivity contribution in [2.24, 2.45) is 0 Å². The van der Waals surface area contributed by atoms with Gasteiger partial charge in [0.2, 0.25) is 0 Å². The Bertz CT molecular complexity index is 530. The Balaban J connectivity index is 3.06. The standard InChI is InChI=1S/C10H15Br2N3O2S/c1-10(2,3)15-18(16,17)14-9-7(11)4-6(13)5-8(9)12/h4-5,14-15H,13H2,1-3H3. The Morgan fingerprint density at radius 3 is 2.00 bits per heavy atom. The van der Waals surface area contributed by atoms with Crippen molar-refractivity contribution >= 4 is 53.4 Å². The summed E-state index contributed by atoms with van der Waals surface area (Å²) in [6.45, 7) is 5.29. The summed E-state index contributed by atoms with van der Waals surface area (Å²) in [5.41, 5.74) is 6.02. The van der Waals surface area contributed by atoms with Crippen LogP contribution in [0.4, 0.5) is 11.4 Å². The van der Waals surface area contributed by atoms with Crippen LogP contribution < -0.4 is 15.2 Å². The molecule has 1 aromatic carbocycles. The van der Waals surface area contributed by atoms with Gasteiger partial charge in [0.1, 0.15) is 0 Å². The average Bonchev–Trinajstić information content (AvgIpc) is 2.07. The molecule has 5 nitrogen and oxygen atoms in total. The number of anilines is 2. The van der Waals surface area contributed by atoms with Crippen LogP contribution in [0.25, 0.3) is 0 Å². The molecule has 4 N–H and O–H groups in total. The van der Waals surface area contributed by atoms with Crippen molar-refractivity contribution in [1.29, 1.82) is 0 Å². The minimum Gasteiger partial charge on any atom is -0.399 e. The average molecular weight is 401 g/mol. The van der Waals surface area contributed by atoms with Crippen LogP contribution in [0.5, 0.6) is 0 Å². The van der Waals surface area contributed by atoms with E-state index in [1.807, 2.05) is 0 Å². The normalized spacial score (nSPS) is 12.5. The Labute approximate surface area is 124 Å². The minimum absolute atomic E-state index is 0.404. The molecule has 0 radical (unpaired) electrons. The fraction of sp³-hybridized carbons (Fsp3) is 0.400. The molecule has 8 heteroatoms. The first-order valence-electron chi connectivity index (χ1n) is 5.06. The van der Waals surface area contributed by atoms with Crippen molar-refractivity contribution in [3.63, 3.8) is 0 Å². The SMILES string of the molecule is CC(C)(C)NS(=O)(=O)Nc1c(Br)cc(N)cc1Br. The van der Waals surface area contributed by atoms with E-state index >= 15 is 0 Å². The Morgan fingerprint density at radius 2 is 1.61 bits per heavy atom. The van der Waals surface area contributed by atoms with E-state index in [2.05, 4.69) is 41.3 Å². The highest BCUT2D eigenvalue weighted by atomic mass is 79.9. The van der Waals surface area contributed by atoms with E-state index in [0.29, 0.717) is 20.3 Å². The lowest BCUT2D eigenvalue weighted by atomic mass is 10.1. The van der Waals surface area contributed by atoms with E-state index in [0.717, 1.165) is 0 Å². The zero-order valence-corrected chi connectivity index (χ0v) is 14.2. The monoisotopic (exact) mass is 399 g/mol. The van der Waals surface area contributed by atoms with Gasteiger partial charge in [0, 0.05) is 20.2 Å². The van der Waals surface area contributed by atoms with Gasteiger partial charge in [-0.2, -0.15) is 13.1 Å². The summed E-state index contributed by atoms with van der Waals surface area (Å²) < 4.78 is 29.9. The molecule has 0 fully saturated rings. The Morgan fingerprint density at radius 1 is 1.17 bits per heavy atom. The van der Waals surface area contributed by atoms with Crippen molar-refractivity contribution in [2.75, 3.05) is 10.5 Å². The third kappa shape index (κ3) is 4.75. The van der Waals surface area contributed by atoms with E-state index in [4.69, 9.17) is 5.73 Å². The zero-order chi connectivity index (χ0) is 14.1. The van der Waals surface area contributed by atoms with Gasteiger partial charge in [-0.1, -0.05) is 0 Å². The first-order valence-corrected chi connectivity index (χ1v) is 8.13. The first kappa shape index (κ1) is 15.7. The van der Waals surface area contributed by atoms with E-state index in [1.54, 1.807) is 32.9 Å². The van der Waals surface area contributed by atoms with Crippen LogP contribution in [0.3, 0.4) is 0 Å². The molecule has 0 saturated carbocycles. The van der Waals surface area contributed by atoms with Crippen molar-refractivity contribution < 1.29 is 8.42 Å². The minimum atomic E-state index is -3.65. The molecule has 1 rings (SSSR count).